The average molecular weight is 575 g/mol. The Morgan fingerprint density at radius 2 is 0.951 bits per heavy atom. The zero-order valence-corrected chi connectivity index (χ0v) is 24.1. The summed E-state index contributed by atoms with van der Waals surface area (Å²) in [6.07, 6.45) is -3.64. The molecule has 0 aliphatic heterocycles. The van der Waals surface area contributed by atoms with E-state index in [0.717, 1.165) is 29.0 Å². The van der Waals surface area contributed by atoms with Gasteiger partial charge in [-0.1, -0.05) is 6.07 Å². The molecule has 2 aromatic rings. The number of rotatable bonds is 6. The molecule has 0 N–H and O–H groups in total. The lowest BCUT2D eigenvalue weighted by Gasteiger charge is -2.27. The largest absolute Gasteiger partial charge is 0.490 e. The fourth-order valence-electron chi connectivity index (χ4n) is 5.31. The van der Waals surface area contributed by atoms with Crippen LogP contribution in [0.5, 0.6) is 11.5 Å². The van der Waals surface area contributed by atoms with E-state index in [1.165, 1.54) is 6.07 Å². The quantitative estimate of drug-likeness (QED) is 0.356. The number of ether oxygens (including phenoxy) is 2. The first-order chi connectivity index (χ1) is 19.1. The van der Waals surface area contributed by atoms with Crippen LogP contribution >= 0.6 is 0 Å². The van der Waals surface area contributed by atoms with Crippen molar-refractivity contribution in [2.75, 3.05) is 0 Å². The van der Waals surface area contributed by atoms with Gasteiger partial charge in [0.25, 0.3) is 0 Å². The highest BCUT2D eigenvalue weighted by atomic mass is 19.4. The third-order valence-electron chi connectivity index (χ3n) is 7.29. The second kappa shape index (κ2) is 13.4. The van der Waals surface area contributed by atoms with Gasteiger partial charge in [0.1, 0.15) is 34.6 Å². The van der Waals surface area contributed by atoms with Crippen molar-refractivity contribution in [1.82, 2.24) is 0 Å². The van der Waals surface area contributed by atoms with Gasteiger partial charge in [0.2, 0.25) is 0 Å². The zero-order valence-electron chi connectivity index (χ0n) is 24.1. The smallest absolute Gasteiger partial charge is 0.416 e. The van der Waals surface area contributed by atoms with Crippen molar-refractivity contribution in [3.8, 4) is 11.5 Å². The maximum atomic E-state index is 12.8. The van der Waals surface area contributed by atoms with Crippen molar-refractivity contribution < 1.29 is 41.8 Å². The summed E-state index contributed by atoms with van der Waals surface area (Å²) in [6, 6.07) is 9.55. The number of Topliss-reactive ketones (excluding diaryl/α,β-unsaturated/α-hetero) is 4. The van der Waals surface area contributed by atoms with E-state index in [9.17, 15) is 32.3 Å². The first-order valence-corrected chi connectivity index (χ1v) is 13.8. The Morgan fingerprint density at radius 1 is 0.610 bits per heavy atom. The zero-order chi connectivity index (χ0) is 30.5. The lowest BCUT2D eigenvalue weighted by Crippen LogP contribution is -2.33. The van der Waals surface area contributed by atoms with E-state index >= 15 is 0 Å². The molecule has 2 aliphatic carbocycles. The molecule has 41 heavy (non-hydrogen) atoms. The van der Waals surface area contributed by atoms with Gasteiger partial charge in [-0.15, -0.1) is 0 Å². The van der Waals surface area contributed by atoms with E-state index in [-0.39, 0.29) is 72.5 Å². The Hall–Kier alpha value is -3.49. The highest BCUT2D eigenvalue weighted by Gasteiger charge is 2.33. The predicted octanol–water partition coefficient (Wildman–Crippen LogP) is 6.73. The number of hydrogen-bond acceptors (Lipinski definition) is 6. The molecule has 2 aliphatic rings. The SMILES string of the molecule is Cc1cc(C)cc(O[C@@H](C)C2CC(=O)CC(=O)C2)c1.Cc1cc(O[C@H](C)C2CC(=O)CC(=O)C2)cc(C(F)(F)F)c1. The number of hydrogen-bond donors (Lipinski definition) is 0. The van der Waals surface area contributed by atoms with Crippen LogP contribution in [0.2, 0.25) is 0 Å². The molecule has 0 aromatic heterocycles. The Balaban J connectivity index is 0.000000228. The molecule has 0 saturated heterocycles. The molecule has 4 rings (SSSR count). The Labute approximate surface area is 238 Å². The number of halogens is 3. The topological polar surface area (TPSA) is 86.7 Å². The fourth-order valence-corrected chi connectivity index (χ4v) is 5.31. The number of ketones is 4. The van der Waals surface area contributed by atoms with Crippen molar-refractivity contribution in [2.45, 2.75) is 91.5 Å². The van der Waals surface area contributed by atoms with E-state index in [2.05, 4.69) is 6.07 Å². The standard InChI is InChI=1S/C16H17F3O3.C16H20O3/c1-9-3-12(16(17,18)19)7-15(4-9)22-10(2)11-5-13(20)8-14(21)6-11;1-10-4-11(2)6-16(5-10)19-12(3)13-7-14(17)9-15(18)8-13/h3-4,7,10-11H,5-6,8H2,1-2H3;4-6,12-13H,7-9H2,1-3H3/t10-;12-/m10/s1. The molecule has 2 saturated carbocycles. The first-order valence-electron chi connectivity index (χ1n) is 13.8. The molecule has 0 amide bonds. The van der Waals surface area contributed by atoms with E-state index in [0.29, 0.717) is 18.4 Å². The van der Waals surface area contributed by atoms with Crippen LogP contribution in [-0.4, -0.2) is 35.3 Å². The Kier molecular flexibility index (Phi) is 10.5. The van der Waals surface area contributed by atoms with Crippen LogP contribution in [0.3, 0.4) is 0 Å². The normalized spacial score (nSPS) is 18.4. The summed E-state index contributed by atoms with van der Waals surface area (Å²) in [5, 5.41) is 0. The van der Waals surface area contributed by atoms with Gasteiger partial charge in [-0.2, -0.15) is 13.2 Å². The molecule has 9 heteroatoms. The van der Waals surface area contributed by atoms with Gasteiger partial charge < -0.3 is 9.47 Å². The third kappa shape index (κ3) is 9.83. The van der Waals surface area contributed by atoms with Crippen molar-refractivity contribution in [3.05, 3.63) is 58.7 Å². The van der Waals surface area contributed by atoms with Crippen LogP contribution < -0.4 is 9.47 Å². The van der Waals surface area contributed by atoms with Crippen LogP contribution in [-0.2, 0) is 25.4 Å². The second-order valence-corrected chi connectivity index (χ2v) is 11.3. The van der Waals surface area contributed by atoms with Crippen LogP contribution in [0.15, 0.2) is 36.4 Å². The summed E-state index contributed by atoms with van der Waals surface area (Å²) in [5.74, 6) is 0.432. The number of benzene rings is 2. The third-order valence-corrected chi connectivity index (χ3v) is 7.29. The summed E-state index contributed by atoms with van der Waals surface area (Å²) in [4.78, 5) is 45.9. The maximum Gasteiger partial charge on any atom is 0.416 e. The molecular formula is C32H37F3O6. The van der Waals surface area contributed by atoms with Crippen LogP contribution in [0.25, 0.3) is 0 Å². The van der Waals surface area contributed by atoms with E-state index in [1.54, 1.807) is 13.8 Å². The molecular weight excluding hydrogens is 537 g/mol. The number of carbonyl (C=O) groups excluding carboxylic acids is 4. The summed E-state index contributed by atoms with van der Waals surface area (Å²) >= 11 is 0. The molecule has 0 heterocycles. The van der Waals surface area contributed by atoms with Crippen LogP contribution in [0.1, 0.15) is 74.6 Å². The van der Waals surface area contributed by atoms with Gasteiger partial charge >= 0.3 is 6.18 Å². The summed E-state index contributed by atoms with van der Waals surface area (Å²) in [7, 11) is 0. The van der Waals surface area contributed by atoms with E-state index in [4.69, 9.17) is 9.47 Å². The molecule has 2 fully saturated rings. The number of alkyl halides is 3. The van der Waals surface area contributed by atoms with Gasteiger partial charge in [0.15, 0.2) is 0 Å². The minimum Gasteiger partial charge on any atom is -0.490 e. The van der Waals surface area contributed by atoms with Gasteiger partial charge in [0.05, 0.1) is 30.6 Å². The molecule has 0 unspecified atom stereocenters. The Morgan fingerprint density at radius 3 is 1.32 bits per heavy atom. The molecule has 0 bridgehead atoms. The lowest BCUT2D eigenvalue weighted by molar-refractivity contribution is -0.138. The van der Waals surface area contributed by atoms with Gasteiger partial charge in [-0.05, 0) is 81.6 Å². The predicted molar refractivity (Wildman–Crippen MR) is 147 cm³/mol. The van der Waals surface area contributed by atoms with Gasteiger partial charge in [-0.25, -0.2) is 0 Å². The summed E-state index contributed by atoms with van der Waals surface area (Å²) < 4.78 is 49.9. The molecule has 2 atom stereocenters. The molecule has 0 spiro atoms. The molecule has 0 radical (unpaired) electrons. The van der Waals surface area contributed by atoms with E-state index < -0.39 is 17.8 Å². The van der Waals surface area contributed by atoms with Gasteiger partial charge in [0, 0.05) is 37.5 Å². The summed E-state index contributed by atoms with van der Waals surface area (Å²) in [5.41, 5.74) is 1.97. The average Bonchev–Trinajstić information content (AvgIpc) is 2.81. The fraction of sp³-hybridized carbons (Fsp3) is 0.500. The van der Waals surface area contributed by atoms with E-state index in [1.807, 2.05) is 32.9 Å². The first kappa shape index (κ1) is 32.0. The Bertz CT molecular complexity index is 1250. The van der Waals surface area contributed by atoms with Crippen molar-refractivity contribution in [1.29, 1.82) is 0 Å². The highest BCUT2D eigenvalue weighted by Crippen LogP contribution is 2.34. The monoisotopic (exact) mass is 574 g/mol. The van der Waals surface area contributed by atoms with Crippen LogP contribution in [0.4, 0.5) is 13.2 Å². The van der Waals surface area contributed by atoms with Crippen molar-refractivity contribution in [3.63, 3.8) is 0 Å². The lowest BCUT2D eigenvalue weighted by atomic mass is 9.84. The molecule has 2 aromatic carbocycles. The minimum atomic E-state index is -4.44. The van der Waals surface area contributed by atoms with Gasteiger partial charge in [-0.3, -0.25) is 19.2 Å². The minimum absolute atomic E-state index is 0.00886. The maximum absolute atomic E-state index is 12.8. The number of carbonyl (C=O) groups is 4. The summed E-state index contributed by atoms with van der Waals surface area (Å²) in [6.45, 7) is 9.22. The van der Waals surface area contributed by atoms with Crippen molar-refractivity contribution >= 4 is 23.1 Å². The molecule has 6 nitrogen and oxygen atoms in total. The highest BCUT2D eigenvalue weighted by molar-refractivity contribution is 6.02. The second-order valence-electron chi connectivity index (χ2n) is 11.3. The van der Waals surface area contributed by atoms with Crippen LogP contribution in [0, 0.1) is 32.6 Å². The number of aryl methyl sites for hydroxylation is 3. The van der Waals surface area contributed by atoms with Crippen molar-refractivity contribution in [2.24, 2.45) is 11.8 Å². The molecule has 222 valence electrons.